The molecule has 0 spiro atoms. The van der Waals surface area contributed by atoms with Crippen LogP contribution in [0.4, 0.5) is 5.69 Å². The van der Waals surface area contributed by atoms with Crippen LogP contribution in [-0.4, -0.2) is 26.7 Å². The van der Waals surface area contributed by atoms with Gasteiger partial charge in [0.1, 0.15) is 11.5 Å². The molecule has 1 atom stereocenters. The molecule has 2 aromatic rings. The fraction of sp³-hybridized carbons (Fsp3) is 0.389. The molecule has 0 aliphatic rings. The zero-order valence-corrected chi connectivity index (χ0v) is 16.3. The number of halogens is 1. The van der Waals surface area contributed by atoms with Crippen molar-refractivity contribution in [3.05, 3.63) is 39.5 Å². The van der Waals surface area contributed by atoms with Gasteiger partial charge in [-0.25, -0.2) is 0 Å². The maximum Gasteiger partial charge on any atom is 0.238 e. The summed E-state index contributed by atoms with van der Waals surface area (Å²) in [6.07, 6.45) is 0. The van der Waals surface area contributed by atoms with E-state index in [4.69, 9.17) is 21.1 Å². The number of carbonyl (C=O) groups excluding carboxylic acids is 1. The number of nitrogens with one attached hydrogen (secondary N) is 2. The zero-order chi connectivity index (χ0) is 18.4. The van der Waals surface area contributed by atoms with Gasteiger partial charge in [-0.05, 0) is 17.4 Å². The molecule has 0 saturated carbocycles. The van der Waals surface area contributed by atoms with Crippen LogP contribution in [0.25, 0.3) is 0 Å². The summed E-state index contributed by atoms with van der Waals surface area (Å²) < 4.78 is 10.5. The molecule has 25 heavy (non-hydrogen) atoms. The molecule has 2 rings (SSSR count). The maximum atomic E-state index is 12.4. The average Bonchev–Trinajstić information content (AvgIpc) is 3.10. The molecule has 0 radical (unpaired) electrons. The van der Waals surface area contributed by atoms with Crippen LogP contribution in [0.2, 0.25) is 5.02 Å². The molecular formula is C18H23ClN2O3S. The van der Waals surface area contributed by atoms with Gasteiger partial charge in [0.15, 0.2) is 0 Å². The van der Waals surface area contributed by atoms with Crippen molar-refractivity contribution in [1.82, 2.24) is 5.32 Å². The first-order valence-corrected chi connectivity index (χ1v) is 9.20. The first-order chi connectivity index (χ1) is 12.0. The highest BCUT2D eigenvalue weighted by Crippen LogP contribution is 2.35. The van der Waals surface area contributed by atoms with E-state index in [1.54, 1.807) is 23.5 Å². The monoisotopic (exact) mass is 382 g/mol. The summed E-state index contributed by atoms with van der Waals surface area (Å²) in [6.45, 7) is 4.44. The quantitative estimate of drug-likeness (QED) is 0.712. The minimum atomic E-state index is -0.162. The Balaban J connectivity index is 2.05. The molecule has 0 aliphatic carbocycles. The van der Waals surface area contributed by atoms with Crippen molar-refractivity contribution in [3.63, 3.8) is 0 Å². The zero-order valence-electron chi connectivity index (χ0n) is 14.8. The Morgan fingerprint density at radius 2 is 1.96 bits per heavy atom. The van der Waals surface area contributed by atoms with Crippen LogP contribution in [0.5, 0.6) is 11.5 Å². The predicted octanol–water partition coefficient (Wildman–Crippen LogP) is 4.34. The molecule has 2 N–H and O–H groups in total. The SMILES string of the molecule is COc1cc(NC(=O)CNC(c2cccs2)C(C)C)c(OC)cc1Cl. The smallest absolute Gasteiger partial charge is 0.238 e. The van der Waals surface area contributed by atoms with E-state index in [2.05, 4.69) is 30.5 Å². The lowest BCUT2D eigenvalue weighted by Crippen LogP contribution is -2.33. The van der Waals surface area contributed by atoms with Gasteiger partial charge in [0.2, 0.25) is 5.91 Å². The number of rotatable bonds is 8. The van der Waals surface area contributed by atoms with E-state index in [-0.39, 0.29) is 18.5 Å². The van der Waals surface area contributed by atoms with Crippen molar-refractivity contribution < 1.29 is 14.3 Å². The Morgan fingerprint density at radius 3 is 2.52 bits per heavy atom. The van der Waals surface area contributed by atoms with Gasteiger partial charge in [0.05, 0.1) is 31.5 Å². The highest BCUT2D eigenvalue weighted by Gasteiger charge is 2.18. The highest BCUT2D eigenvalue weighted by atomic mass is 35.5. The van der Waals surface area contributed by atoms with Crippen LogP contribution in [0.15, 0.2) is 29.6 Å². The van der Waals surface area contributed by atoms with E-state index in [0.717, 1.165) is 0 Å². The summed E-state index contributed by atoms with van der Waals surface area (Å²) in [6, 6.07) is 7.49. The van der Waals surface area contributed by atoms with Crippen molar-refractivity contribution in [3.8, 4) is 11.5 Å². The maximum absolute atomic E-state index is 12.4. The van der Waals surface area contributed by atoms with E-state index in [1.165, 1.54) is 19.1 Å². The Hall–Kier alpha value is -1.76. The van der Waals surface area contributed by atoms with Crippen LogP contribution >= 0.6 is 22.9 Å². The van der Waals surface area contributed by atoms with Crippen LogP contribution < -0.4 is 20.1 Å². The molecule has 136 valence electrons. The Morgan fingerprint density at radius 1 is 1.24 bits per heavy atom. The standard InChI is InChI=1S/C18H23ClN2O3S/c1-11(2)18(16-6-5-7-25-16)20-10-17(22)21-13-9-14(23-3)12(19)8-15(13)24-4/h5-9,11,18,20H,10H2,1-4H3,(H,21,22). The van der Waals surface area contributed by atoms with Crippen molar-refractivity contribution in [2.45, 2.75) is 19.9 Å². The molecule has 0 bridgehead atoms. The molecule has 1 aromatic heterocycles. The minimum absolute atomic E-state index is 0.132. The number of benzene rings is 1. The third-order valence-electron chi connectivity index (χ3n) is 3.75. The topological polar surface area (TPSA) is 59.6 Å². The summed E-state index contributed by atoms with van der Waals surface area (Å²) >= 11 is 7.76. The summed E-state index contributed by atoms with van der Waals surface area (Å²) in [7, 11) is 3.05. The normalized spacial score (nSPS) is 12.1. The summed E-state index contributed by atoms with van der Waals surface area (Å²) in [5.74, 6) is 1.17. The molecule has 1 aromatic carbocycles. The number of hydrogen-bond acceptors (Lipinski definition) is 5. The van der Waals surface area contributed by atoms with Gasteiger partial charge in [-0.15, -0.1) is 11.3 Å². The van der Waals surface area contributed by atoms with Gasteiger partial charge in [-0.2, -0.15) is 0 Å². The van der Waals surface area contributed by atoms with E-state index in [0.29, 0.717) is 28.1 Å². The van der Waals surface area contributed by atoms with Crippen LogP contribution in [0.1, 0.15) is 24.8 Å². The van der Waals surface area contributed by atoms with E-state index in [9.17, 15) is 4.79 Å². The molecule has 7 heteroatoms. The Kier molecular flexibility index (Phi) is 7.11. The first-order valence-electron chi connectivity index (χ1n) is 7.94. The van der Waals surface area contributed by atoms with Crippen LogP contribution in [0.3, 0.4) is 0 Å². The molecule has 1 heterocycles. The molecule has 1 unspecified atom stereocenters. The van der Waals surface area contributed by atoms with Crippen LogP contribution in [-0.2, 0) is 4.79 Å². The lowest BCUT2D eigenvalue weighted by molar-refractivity contribution is -0.115. The molecule has 5 nitrogen and oxygen atoms in total. The van der Waals surface area contributed by atoms with Crippen molar-refractivity contribution in [1.29, 1.82) is 0 Å². The van der Waals surface area contributed by atoms with Crippen LogP contribution in [0, 0.1) is 5.92 Å². The van der Waals surface area contributed by atoms with E-state index in [1.807, 2.05) is 11.4 Å². The van der Waals surface area contributed by atoms with Crippen molar-refractivity contribution in [2.75, 3.05) is 26.1 Å². The second-order valence-electron chi connectivity index (χ2n) is 5.85. The third kappa shape index (κ3) is 5.11. The molecule has 0 saturated heterocycles. The largest absolute Gasteiger partial charge is 0.495 e. The molecular weight excluding hydrogens is 360 g/mol. The van der Waals surface area contributed by atoms with Gasteiger partial charge >= 0.3 is 0 Å². The van der Waals surface area contributed by atoms with Gasteiger partial charge in [-0.3, -0.25) is 4.79 Å². The number of ether oxygens (including phenoxy) is 2. The third-order valence-corrected chi connectivity index (χ3v) is 5.00. The average molecular weight is 383 g/mol. The fourth-order valence-electron chi connectivity index (χ4n) is 2.49. The Bertz CT molecular complexity index is 705. The van der Waals surface area contributed by atoms with Gasteiger partial charge in [-0.1, -0.05) is 31.5 Å². The lowest BCUT2D eigenvalue weighted by atomic mass is 10.0. The Labute approximate surface area is 157 Å². The number of carbonyl (C=O) groups is 1. The summed E-state index contributed by atoms with van der Waals surface area (Å²) in [5.41, 5.74) is 0.521. The predicted molar refractivity (Wildman–Crippen MR) is 103 cm³/mol. The summed E-state index contributed by atoms with van der Waals surface area (Å²) in [5, 5.41) is 8.62. The minimum Gasteiger partial charge on any atom is -0.495 e. The number of thiophene rings is 1. The second kappa shape index (κ2) is 9.08. The van der Waals surface area contributed by atoms with Gasteiger partial charge in [0.25, 0.3) is 0 Å². The number of amides is 1. The van der Waals surface area contributed by atoms with Crippen molar-refractivity contribution >= 4 is 34.5 Å². The number of methoxy groups -OCH3 is 2. The molecule has 0 aliphatic heterocycles. The first kappa shape index (κ1) is 19.6. The lowest BCUT2D eigenvalue weighted by Gasteiger charge is -2.21. The van der Waals surface area contributed by atoms with Gasteiger partial charge < -0.3 is 20.1 Å². The number of anilines is 1. The van der Waals surface area contributed by atoms with E-state index < -0.39 is 0 Å². The fourth-order valence-corrected chi connectivity index (χ4v) is 3.69. The van der Waals surface area contributed by atoms with E-state index >= 15 is 0 Å². The number of hydrogen-bond donors (Lipinski definition) is 2. The second-order valence-corrected chi connectivity index (χ2v) is 7.24. The summed E-state index contributed by atoms with van der Waals surface area (Å²) in [4.78, 5) is 13.6. The molecule has 0 fully saturated rings. The van der Waals surface area contributed by atoms with Gasteiger partial charge in [0, 0.05) is 23.1 Å². The molecule has 1 amide bonds. The highest BCUT2D eigenvalue weighted by molar-refractivity contribution is 7.10. The van der Waals surface area contributed by atoms with Crippen molar-refractivity contribution in [2.24, 2.45) is 5.92 Å².